The van der Waals surface area contributed by atoms with Crippen molar-refractivity contribution in [1.29, 1.82) is 5.26 Å². The molecule has 0 spiro atoms. The van der Waals surface area contributed by atoms with E-state index in [-0.39, 0.29) is 5.69 Å². The number of nitriles is 1. The summed E-state index contributed by atoms with van der Waals surface area (Å²) in [7, 11) is 0. The van der Waals surface area contributed by atoms with Gasteiger partial charge in [-0.05, 0) is 24.3 Å². The van der Waals surface area contributed by atoms with Gasteiger partial charge in [-0.2, -0.15) is 5.26 Å². The van der Waals surface area contributed by atoms with Crippen LogP contribution in [0.15, 0.2) is 24.3 Å². The predicted molar refractivity (Wildman–Crippen MR) is 63.4 cm³/mol. The summed E-state index contributed by atoms with van der Waals surface area (Å²) in [5.41, 5.74) is 0.582. The van der Waals surface area contributed by atoms with Crippen LogP contribution < -0.4 is 0 Å². The highest BCUT2D eigenvalue weighted by Crippen LogP contribution is 2.48. The van der Waals surface area contributed by atoms with Crippen molar-refractivity contribution in [3.63, 3.8) is 0 Å². The lowest BCUT2D eigenvalue weighted by Crippen LogP contribution is -2.39. The summed E-state index contributed by atoms with van der Waals surface area (Å²) in [5.74, 6) is 0.616. The molecule has 17 heavy (non-hydrogen) atoms. The molecule has 0 unspecified atom stereocenters. The first kappa shape index (κ1) is 11.6. The molecule has 0 bridgehead atoms. The van der Waals surface area contributed by atoms with Crippen LogP contribution in [0, 0.1) is 27.4 Å². The summed E-state index contributed by atoms with van der Waals surface area (Å²) < 4.78 is 0. The first-order valence-corrected chi connectivity index (χ1v) is 5.77. The standard InChI is InChI=1S/C13H14N2O2/c1-2-10-7-13(8-10,9-14)11-3-5-12(6-4-11)15(16)17/h3-6,10H,2,7-8H2,1H3. The van der Waals surface area contributed by atoms with Gasteiger partial charge in [-0.15, -0.1) is 0 Å². The molecular formula is C13H14N2O2. The van der Waals surface area contributed by atoms with E-state index in [2.05, 4.69) is 13.0 Å². The number of benzene rings is 1. The van der Waals surface area contributed by atoms with Crippen LogP contribution in [0.4, 0.5) is 5.69 Å². The summed E-state index contributed by atoms with van der Waals surface area (Å²) in [6, 6.07) is 8.77. The van der Waals surface area contributed by atoms with Crippen molar-refractivity contribution in [1.82, 2.24) is 0 Å². The van der Waals surface area contributed by atoms with E-state index in [1.54, 1.807) is 12.1 Å². The Kier molecular flexibility index (Phi) is 2.84. The number of nitro benzene ring substituents is 1. The molecule has 0 heterocycles. The van der Waals surface area contributed by atoms with Crippen LogP contribution in [0.3, 0.4) is 0 Å². The molecule has 0 aromatic heterocycles. The van der Waals surface area contributed by atoms with E-state index in [0.29, 0.717) is 5.92 Å². The van der Waals surface area contributed by atoms with Gasteiger partial charge in [-0.25, -0.2) is 0 Å². The van der Waals surface area contributed by atoms with E-state index in [4.69, 9.17) is 0 Å². The van der Waals surface area contributed by atoms with Crippen molar-refractivity contribution in [2.45, 2.75) is 31.6 Å². The number of rotatable bonds is 3. The molecule has 1 saturated carbocycles. The Morgan fingerprint density at radius 1 is 1.47 bits per heavy atom. The zero-order valence-corrected chi connectivity index (χ0v) is 9.72. The van der Waals surface area contributed by atoms with Crippen molar-refractivity contribution in [3.8, 4) is 6.07 Å². The molecule has 0 atom stereocenters. The highest BCUT2D eigenvalue weighted by atomic mass is 16.6. The fourth-order valence-corrected chi connectivity index (χ4v) is 2.51. The zero-order valence-electron chi connectivity index (χ0n) is 9.72. The second kappa shape index (κ2) is 4.17. The maximum Gasteiger partial charge on any atom is 0.269 e. The molecule has 1 aromatic carbocycles. The van der Waals surface area contributed by atoms with Gasteiger partial charge in [-0.3, -0.25) is 10.1 Å². The summed E-state index contributed by atoms with van der Waals surface area (Å²) in [5, 5.41) is 19.9. The van der Waals surface area contributed by atoms with E-state index in [0.717, 1.165) is 24.8 Å². The van der Waals surface area contributed by atoms with E-state index < -0.39 is 10.3 Å². The molecule has 0 N–H and O–H groups in total. The van der Waals surface area contributed by atoms with Crippen LogP contribution in [0.25, 0.3) is 0 Å². The lowest BCUT2D eigenvalue weighted by atomic mass is 9.59. The van der Waals surface area contributed by atoms with Crippen molar-refractivity contribution in [2.75, 3.05) is 0 Å². The Morgan fingerprint density at radius 2 is 2.06 bits per heavy atom. The van der Waals surface area contributed by atoms with Gasteiger partial charge in [-0.1, -0.05) is 25.5 Å². The van der Waals surface area contributed by atoms with E-state index >= 15 is 0 Å². The third-order valence-electron chi connectivity index (χ3n) is 3.70. The minimum absolute atomic E-state index is 0.0770. The smallest absolute Gasteiger partial charge is 0.258 e. The normalized spacial score (nSPS) is 26.9. The minimum atomic E-state index is -0.418. The monoisotopic (exact) mass is 230 g/mol. The molecule has 0 amide bonds. The molecule has 1 fully saturated rings. The van der Waals surface area contributed by atoms with Crippen LogP contribution >= 0.6 is 0 Å². The Hall–Kier alpha value is -1.89. The maximum absolute atomic E-state index is 10.6. The topological polar surface area (TPSA) is 66.9 Å². The number of hydrogen-bond donors (Lipinski definition) is 0. The fraction of sp³-hybridized carbons (Fsp3) is 0.462. The average Bonchev–Trinajstić information content (AvgIpc) is 2.29. The number of hydrogen-bond acceptors (Lipinski definition) is 3. The molecule has 4 heteroatoms. The largest absolute Gasteiger partial charge is 0.269 e. The molecule has 0 saturated heterocycles. The Labute approximate surface area is 100 Å². The molecule has 0 radical (unpaired) electrons. The lowest BCUT2D eigenvalue weighted by molar-refractivity contribution is -0.384. The summed E-state index contributed by atoms with van der Waals surface area (Å²) in [6.45, 7) is 2.13. The average molecular weight is 230 g/mol. The molecule has 2 rings (SSSR count). The Bertz CT molecular complexity index is 467. The molecule has 88 valence electrons. The Balaban J connectivity index is 2.23. The van der Waals surface area contributed by atoms with Gasteiger partial charge >= 0.3 is 0 Å². The van der Waals surface area contributed by atoms with Gasteiger partial charge in [0.15, 0.2) is 0 Å². The molecule has 1 aliphatic rings. The quantitative estimate of drug-likeness (QED) is 0.591. The van der Waals surface area contributed by atoms with Gasteiger partial charge in [0.2, 0.25) is 0 Å². The van der Waals surface area contributed by atoms with Crippen molar-refractivity contribution in [2.24, 2.45) is 5.92 Å². The minimum Gasteiger partial charge on any atom is -0.258 e. The molecule has 4 nitrogen and oxygen atoms in total. The van der Waals surface area contributed by atoms with E-state index in [9.17, 15) is 15.4 Å². The Morgan fingerprint density at radius 3 is 2.47 bits per heavy atom. The maximum atomic E-state index is 10.6. The highest BCUT2D eigenvalue weighted by Gasteiger charge is 2.45. The van der Waals surface area contributed by atoms with Crippen molar-refractivity contribution in [3.05, 3.63) is 39.9 Å². The summed E-state index contributed by atoms with van der Waals surface area (Å²) in [6.07, 6.45) is 2.84. The van der Waals surface area contributed by atoms with Gasteiger partial charge < -0.3 is 0 Å². The number of nitrogens with zero attached hydrogens (tertiary/aromatic N) is 2. The third kappa shape index (κ3) is 1.89. The van der Waals surface area contributed by atoms with Crippen LogP contribution in [-0.4, -0.2) is 4.92 Å². The second-order valence-electron chi connectivity index (χ2n) is 4.68. The van der Waals surface area contributed by atoms with Crippen molar-refractivity contribution < 1.29 is 4.92 Å². The SMILES string of the molecule is CCC1CC(C#N)(c2ccc([N+](=O)[O-])cc2)C1. The molecule has 0 aliphatic heterocycles. The zero-order chi connectivity index (χ0) is 12.5. The van der Waals surface area contributed by atoms with Crippen LogP contribution in [0.2, 0.25) is 0 Å². The predicted octanol–water partition coefficient (Wildman–Crippen LogP) is 3.18. The second-order valence-corrected chi connectivity index (χ2v) is 4.68. The summed E-state index contributed by atoms with van der Waals surface area (Å²) in [4.78, 5) is 10.1. The van der Waals surface area contributed by atoms with Crippen LogP contribution in [0.5, 0.6) is 0 Å². The van der Waals surface area contributed by atoms with E-state index in [1.807, 2.05) is 0 Å². The van der Waals surface area contributed by atoms with Gasteiger partial charge in [0.05, 0.1) is 16.4 Å². The van der Waals surface area contributed by atoms with E-state index in [1.165, 1.54) is 12.1 Å². The molecular weight excluding hydrogens is 216 g/mol. The number of nitro groups is 1. The fourth-order valence-electron chi connectivity index (χ4n) is 2.51. The first-order valence-electron chi connectivity index (χ1n) is 5.77. The van der Waals surface area contributed by atoms with Crippen LogP contribution in [0.1, 0.15) is 31.7 Å². The third-order valence-corrected chi connectivity index (χ3v) is 3.70. The van der Waals surface area contributed by atoms with Crippen LogP contribution in [-0.2, 0) is 5.41 Å². The van der Waals surface area contributed by atoms with Gasteiger partial charge in [0.25, 0.3) is 5.69 Å². The van der Waals surface area contributed by atoms with Gasteiger partial charge in [0, 0.05) is 12.1 Å². The summed E-state index contributed by atoms with van der Waals surface area (Å²) >= 11 is 0. The lowest BCUT2D eigenvalue weighted by Gasteiger charge is -2.42. The highest BCUT2D eigenvalue weighted by molar-refractivity contribution is 5.41. The number of non-ortho nitro benzene ring substituents is 1. The van der Waals surface area contributed by atoms with Crippen molar-refractivity contribution >= 4 is 5.69 Å². The molecule has 1 aromatic rings. The van der Waals surface area contributed by atoms with Gasteiger partial charge in [0.1, 0.15) is 0 Å². The first-order chi connectivity index (χ1) is 8.11. The molecule has 1 aliphatic carbocycles.